The fourth-order valence-corrected chi connectivity index (χ4v) is 3.15. The maximum absolute atomic E-state index is 11.9. The van der Waals surface area contributed by atoms with Crippen LogP contribution in [0.25, 0.3) is 0 Å². The molecule has 1 heterocycles. The minimum atomic E-state index is -0.882. The molecule has 2 fully saturated rings. The molecule has 1 aliphatic heterocycles. The Kier molecular flexibility index (Phi) is 3.90. The largest absolute Gasteiger partial charge is 0.480 e. The van der Waals surface area contributed by atoms with Gasteiger partial charge in [-0.1, -0.05) is 19.3 Å². The number of hydrogen-bond acceptors (Lipinski definition) is 2. The lowest BCUT2D eigenvalue weighted by Crippen LogP contribution is -2.47. The molecule has 1 amide bonds. The molecule has 1 N–H and O–H groups in total. The van der Waals surface area contributed by atoms with Gasteiger partial charge in [0.1, 0.15) is 6.04 Å². The molecular weight excluding hydrogens is 230 g/mol. The van der Waals surface area contributed by atoms with Gasteiger partial charge in [-0.3, -0.25) is 4.79 Å². The van der Waals surface area contributed by atoms with Crippen LogP contribution < -0.4 is 0 Å². The van der Waals surface area contributed by atoms with E-state index in [-0.39, 0.29) is 17.7 Å². The molecule has 1 saturated heterocycles. The van der Waals surface area contributed by atoms with Crippen molar-refractivity contribution in [2.45, 2.75) is 44.6 Å². The molecule has 2 rings (SSSR count). The molecule has 4 nitrogen and oxygen atoms in total. The van der Waals surface area contributed by atoms with Crippen molar-refractivity contribution >= 4 is 11.9 Å². The van der Waals surface area contributed by atoms with Crippen LogP contribution in [0.5, 0.6) is 0 Å². The highest BCUT2D eigenvalue weighted by atomic mass is 16.4. The fraction of sp³-hybridized carbons (Fsp3) is 0.714. The Labute approximate surface area is 107 Å². The summed E-state index contributed by atoms with van der Waals surface area (Å²) < 4.78 is 0. The molecule has 0 aromatic rings. The molecule has 1 saturated carbocycles. The van der Waals surface area contributed by atoms with Gasteiger partial charge in [0.25, 0.3) is 0 Å². The monoisotopic (exact) mass is 249 g/mol. The first-order chi connectivity index (χ1) is 8.63. The van der Waals surface area contributed by atoms with Crippen LogP contribution in [0.1, 0.15) is 38.5 Å². The number of nitrogens with zero attached hydrogens (tertiary/aromatic N) is 1. The average Bonchev–Trinajstić information content (AvgIpc) is 2.72. The molecule has 0 aromatic carbocycles. The van der Waals surface area contributed by atoms with Gasteiger partial charge in [0.05, 0.1) is 0 Å². The number of carbonyl (C=O) groups is 2. The Balaban J connectivity index is 2.12. The smallest absolute Gasteiger partial charge is 0.326 e. The quantitative estimate of drug-likeness (QED) is 0.771. The van der Waals surface area contributed by atoms with Crippen molar-refractivity contribution in [1.82, 2.24) is 4.90 Å². The minimum Gasteiger partial charge on any atom is -0.480 e. The van der Waals surface area contributed by atoms with Gasteiger partial charge in [0.15, 0.2) is 0 Å². The van der Waals surface area contributed by atoms with E-state index in [1.54, 1.807) is 0 Å². The van der Waals surface area contributed by atoms with Crippen LogP contribution in [0.3, 0.4) is 0 Å². The lowest BCUT2D eigenvalue weighted by molar-refractivity contribution is -0.151. The first kappa shape index (κ1) is 12.9. The molecular formula is C14H19NO3. The first-order valence-corrected chi connectivity index (χ1v) is 6.62. The van der Waals surface area contributed by atoms with Crippen molar-refractivity contribution in [3.8, 4) is 12.3 Å². The Morgan fingerprint density at radius 3 is 2.56 bits per heavy atom. The van der Waals surface area contributed by atoms with Gasteiger partial charge >= 0.3 is 5.97 Å². The molecule has 0 bridgehead atoms. The predicted octanol–water partition coefficient (Wildman–Crippen LogP) is 1.50. The summed E-state index contributed by atoms with van der Waals surface area (Å²) >= 11 is 0. The number of carboxylic acids is 1. The van der Waals surface area contributed by atoms with Crippen molar-refractivity contribution in [3.63, 3.8) is 0 Å². The molecule has 4 heteroatoms. The van der Waals surface area contributed by atoms with E-state index >= 15 is 0 Å². The fourth-order valence-electron chi connectivity index (χ4n) is 3.15. The maximum atomic E-state index is 11.9. The van der Waals surface area contributed by atoms with Gasteiger partial charge in [0.2, 0.25) is 5.91 Å². The van der Waals surface area contributed by atoms with Crippen LogP contribution in [0, 0.1) is 24.2 Å². The Morgan fingerprint density at radius 1 is 1.39 bits per heavy atom. The lowest BCUT2D eigenvalue weighted by Gasteiger charge is -2.33. The zero-order valence-electron chi connectivity index (χ0n) is 10.5. The van der Waals surface area contributed by atoms with Crippen LogP contribution in [-0.4, -0.2) is 34.5 Å². The summed E-state index contributed by atoms with van der Waals surface area (Å²) in [6, 6.07) is -0.670. The number of terminal acetylenes is 1. The molecule has 2 aliphatic rings. The van der Waals surface area contributed by atoms with Crippen LogP contribution in [0.2, 0.25) is 0 Å². The third kappa shape index (κ3) is 2.50. The molecule has 0 radical (unpaired) electrons. The van der Waals surface area contributed by atoms with E-state index in [9.17, 15) is 14.7 Å². The van der Waals surface area contributed by atoms with Gasteiger partial charge < -0.3 is 10.0 Å². The van der Waals surface area contributed by atoms with Gasteiger partial charge in [-0.25, -0.2) is 4.79 Å². The summed E-state index contributed by atoms with van der Waals surface area (Å²) in [5.41, 5.74) is 0. The van der Waals surface area contributed by atoms with Crippen molar-refractivity contribution in [3.05, 3.63) is 0 Å². The standard InChI is InChI=1S/C14H19NO3/c1-2-10-8-12(16)15(9-10)13(14(17)18)11-6-4-3-5-7-11/h1,10-11,13H,3-9H2,(H,17,18). The van der Waals surface area contributed by atoms with Crippen molar-refractivity contribution in [1.29, 1.82) is 0 Å². The van der Waals surface area contributed by atoms with E-state index in [2.05, 4.69) is 5.92 Å². The van der Waals surface area contributed by atoms with E-state index in [1.165, 1.54) is 11.3 Å². The number of hydrogen-bond donors (Lipinski definition) is 1. The Bertz CT molecular complexity index is 379. The van der Waals surface area contributed by atoms with Crippen LogP contribution >= 0.6 is 0 Å². The molecule has 2 atom stereocenters. The highest BCUT2D eigenvalue weighted by Gasteiger charge is 2.41. The van der Waals surface area contributed by atoms with Gasteiger partial charge in [0, 0.05) is 18.9 Å². The number of rotatable bonds is 3. The second kappa shape index (κ2) is 5.43. The van der Waals surface area contributed by atoms with Crippen LogP contribution in [0.4, 0.5) is 0 Å². The second-order valence-corrected chi connectivity index (χ2v) is 5.29. The third-order valence-electron chi connectivity index (χ3n) is 4.08. The molecule has 18 heavy (non-hydrogen) atoms. The minimum absolute atomic E-state index is 0.0942. The third-order valence-corrected chi connectivity index (χ3v) is 4.08. The lowest BCUT2D eigenvalue weighted by atomic mass is 9.83. The average molecular weight is 249 g/mol. The number of carboxylic acid groups (broad SMARTS) is 1. The van der Waals surface area contributed by atoms with Gasteiger partial charge in [-0.05, 0) is 18.8 Å². The maximum Gasteiger partial charge on any atom is 0.326 e. The van der Waals surface area contributed by atoms with Crippen LogP contribution in [0.15, 0.2) is 0 Å². The number of likely N-dealkylation sites (tertiary alicyclic amines) is 1. The highest BCUT2D eigenvalue weighted by molar-refractivity contribution is 5.85. The number of carbonyl (C=O) groups excluding carboxylic acids is 1. The Morgan fingerprint density at radius 2 is 2.06 bits per heavy atom. The summed E-state index contributed by atoms with van der Waals surface area (Å²) in [6.45, 7) is 0.406. The SMILES string of the molecule is C#CC1CC(=O)N(C(C(=O)O)C2CCCCC2)C1. The molecule has 98 valence electrons. The first-order valence-electron chi connectivity index (χ1n) is 6.62. The number of amides is 1. The van der Waals surface area contributed by atoms with Crippen molar-refractivity contribution < 1.29 is 14.7 Å². The normalized spacial score (nSPS) is 26.9. The van der Waals surface area contributed by atoms with E-state index in [0.717, 1.165) is 25.7 Å². The second-order valence-electron chi connectivity index (χ2n) is 5.29. The summed E-state index contributed by atoms with van der Waals surface area (Å²) in [6.07, 6.45) is 10.7. The molecule has 1 aliphatic carbocycles. The van der Waals surface area contributed by atoms with E-state index in [1.807, 2.05) is 0 Å². The summed E-state index contributed by atoms with van der Waals surface area (Å²) in [4.78, 5) is 24.9. The van der Waals surface area contributed by atoms with Gasteiger partial charge in [-0.2, -0.15) is 0 Å². The highest BCUT2D eigenvalue weighted by Crippen LogP contribution is 2.32. The zero-order chi connectivity index (χ0) is 13.1. The summed E-state index contributed by atoms with van der Waals surface area (Å²) in [5.74, 6) is 1.55. The summed E-state index contributed by atoms with van der Waals surface area (Å²) in [7, 11) is 0. The van der Waals surface area contributed by atoms with Crippen molar-refractivity contribution in [2.75, 3.05) is 6.54 Å². The van der Waals surface area contributed by atoms with Gasteiger partial charge in [-0.15, -0.1) is 12.3 Å². The van der Waals surface area contributed by atoms with Crippen molar-refractivity contribution in [2.24, 2.45) is 11.8 Å². The Hall–Kier alpha value is -1.50. The molecule has 0 aromatic heterocycles. The predicted molar refractivity (Wildman–Crippen MR) is 66.7 cm³/mol. The molecule has 0 spiro atoms. The van der Waals surface area contributed by atoms with E-state index in [4.69, 9.17) is 6.42 Å². The van der Waals surface area contributed by atoms with E-state index < -0.39 is 12.0 Å². The van der Waals surface area contributed by atoms with Crippen LogP contribution in [-0.2, 0) is 9.59 Å². The number of aliphatic carboxylic acids is 1. The summed E-state index contributed by atoms with van der Waals surface area (Å²) in [5, 5.41) is 9.42. The topological polar surface area (TPSA) is 57.6 Å². The van der Waals surface area contributed by atoms with E-state index in [0.29, 0.717) is 13.0 Å². The molecule has 2 unspecified atom stereocenters. The zero-order valence-corrected chi connectivity index (χ0v) is 10.5.